The first-order valence-electron chi connectivity index (χ1n) is 11.2. The predicted molar refractivity (Wildman–Crippen MR) is 118 cm³/mol. The molecule has 2 aromatic rings. The van der Waals surface area contributed by atoms with Gasteiger partial charge in [-0.1, -0.05) is 13.3 Å². The van der Waals surface area contributed by atoms with Gasteiger partial charge in [-0.15, -0.1) is 11.3 Å². The number of thiophene rings is 1. The Morgan fingerprint density at radius 1 is 1.13 bits per heavy atom. The van der Waals surface area contributed by atoms with Gasteiger partial charge < -0.3 is 9.64 Å². The minimum atomic E-state index is -0.545. The van der Waals surface area contributed by atoms with Crippen molar-refractivity contribution >= 4 is 27.5 Å². The van der Waals surface area contributed by atoms with Gasteiger partial charge in [0.25, 0.3) is 5.56 Å². The van der Waals surface area contributed by atoms with Gasteiger partial charge in [0.05, 0.1) is 12.0 Å². The molecule has 0 aromatic carbocycles. The summed E-state index contributed by atoms with van der Waals surface area (Å²) in [6.07, 6.45) is 6.50. The summed E-state index contributed by atoms with van der Waals surface area (Å²) in [7, 11) is 0. The van der Waals surface area contributed by atoms with E-state index in [0.29, 0.717) is 17.8 Å². The summed E-state index contributed by atoms with van der Waals surface area (Å²) in [6, 6.07) is 0. The molecule has 0 radical (unpaired) electrons. The van der Waals surface area contributed by atoms with Crippen LogP contribution in [0.3, 0.4) is 0 Å². The maximum atomic E-state index is 13.3. The third-order valence-corrected chi connectivity index (χ3v) is 7.62. The van der Waals surface area contributed by atoms with Gasteiger partial charge >= 0.3 is 11.7 Å². The molecule has 0 amide bonds. The Kier molecular flexibility index (Phi) is 6.43. The zero-order chi connectivity index (χ0) is 21.3. The fourth-order valence-electron chi connectivity index (χ4n) is 4.70. The third-order valence-electron chi connectivity index (χ3n) is 6.34. The number of aryl methyl sites for hydroxylation is 1. The maximum Gasteiger partial charge on any atom is 0.332 e. The summed E-state index contributed by atoms with van der Waals surface area (Å²) in [5.74, 6) is 0.0391. The zero-order valence-electron chi connectivity index (χ0n) is 17.9. The molecule has 0 N–H and O–H groups in total. The lowest BCUT2D eigenvalue weighted by molar-refractivity contribution is -0.143. The minimum absolute atomic E-state index is 0.227. The third kappa shape index (κ3) is 4.12. The molecule has 2 aromatic heterocycles. The molecule has 1 fully saturated rings. The Hall–Kier alpha value is -1.93. The molecule has 1 saturated heterocycles. The van der Waals surface area contributed by atoms with Crippen LogP contribution in [-0.4, -0.2) is 46.2 Å². The molecule has 30 heavy (non-hydrogen) atoms. The van der Waals surface area contributed by atoms with Crippen molar-refractivity contribution in [3.63, 3.8) is 0 Å². The van der Waals surface area contributed by atoms with E-state index in [-0.39, 0.29) is 18.7 Å². The van der Waals surface area contributed by atoms with Crippen molar-refractivity contribution in [2.75, 3.05) is 26.2 Å². The molecule has 164 valence electrons. The zero-order valence-corrected chi connectivity index (χ0v) is 18.8. The molecule has 1 atom stereocenters. The number of carbonyl (C=O) groups excluding carboxylic acids is 1. The van der Waals surface area contributed by atoms with Crippen LogP contribution in [0.25, 0.3) is 10.2 Å². The summed E-state index contributed by atoms with van der Waals surface area (Å²) >= 11 is 1.60. The topological polar surface area (TPSA) is 73.5 Å². The number of piperidine rings is 1. The number of aromatic nitrogens is 2. The summed E-state index contributed by atoms with van der Waals surface area (Å²) in [5.41, 5.74) is 0.343. The highest BCUT2D eigenvalue weighted by molar-refractivity contribution is 7.18. The average molecular weight is 434 g/mol. The highest BCUT2D eigenvalue weighted by Crippen LogP contribution is 2.36. The van der Waals surface area contributed by atoms with E-state index in [4.69, 9.17) is 4.74 Å². The Morgan fingerprint density at radius 3 is 2.63 bits per heavy atom. The maximum absolute atomic E-state index is 13.3. The largest absolute Gasteiger partial charge is 0.465 e. The van der Waals surface area contributed by atoms with Gasteiger partial charge in [0.15, 0.2) is 0 Å². The minimum Gasteiger partial charge on any atom is -0.465 e. The van der Waals surface area contributed by atoms with Gasteiger partial charge in [-0.25, -0.2) is 9.36 Å². The molecular formula is C22H31N3O4S. The highest BCUT2D eigenvalue weighted by Gasteiger charge is 2.26. The van der Waals surface area contributed by atoms with E-state index < -0.39 is 11.7 Å². The van der Waals surface area contributed by atoms with E-state index in [1.807, 2.05) is 0 Å². The van der Waals surface area contributed by atoms with Crippen LogP contribution in [0.1, 0.15) is 50.0 Å². The number of carbonyl (C=O) groups is 1. The van der Waals surface area contributed by atoms with Gasteiger partial charge in [0.2, 0.25) is 0 Å². The van der Waals surface area contributed by atoms with Crippen molar-refractivity contribution in [3.05, 3.63) is 31.3 Å². The van der Waals surface area contributed by atoms with Crippen molar-refractivity contribution < 1.29 is 9.53 Å². The van der Waals surface area contributed by atoms with E-state index in [1.54, 1.807) is 22.8 Å². The van der Waals surface area contributed by atoms with Crippen LogP contribution in [0.4, 0.5) is 0 Å². The molecule has 4 rings (SSSR count). The second-order valence-electron chi connectivity index (χ2n) is 8.56. The number of esters is 1. The predicted octanol–water partition coefficient (Wildman–Crippen LogP) is 2.40. The molecule has 2 aliphatic rings. The second kappa shape index (κ2) is 9.06. The van der Waals surface area contributed by atoms with Crippen LogP contribution < -0.4 is 11.2 Å². The van der Waals surface area contributed by atoms with Crippen LogP contribution in [-0.2, 0) is 35.5 Å². The quantitative estimate of drug-likeness (QED) is 0.654. The monoisotopic (exact) mass is 433 g/mol. The highest BCUT2D eigenvalue weighted by atomic mass is 32.1. The fraction of sp³-hybridized carbons (Fsp3) is 0.682. The standard InChI is InChI=1S/C22H31N3O4S/c1-3-29-18(26)14-25-20(27)19-16-8-7-15(2)13-17(16)30-21(19)24(22(25)28)12-11-23-9-5-4-6-10-23/h15H,3-14H2,1-2H3/t15-/m1/s1. The van der Waals surface area contributed by atoms with Crippen molar-refractivity contribution in [3.8, 4) is 0 Å². The molecule has 0 spiro atoms. The van der Waals surface area contributed by atoms with Gasteiger partial charge in [0.1, 0.15) is 11.4 Å². The summed E-state index contributed by atoms with van der Waals surface area (Å²) < 4.78 is 7.84. The van der Waals surface area contributed by atoms with Gasteiger partial charge in [-0.2, -0.15) is 0 Å². The fourth-order valence-corrected chi connectivity index (χ4v) is 6.22. The van der Waals surface area contributed by atoms with Crippen molar-refractivity contribution in [2.24, 2.45) is 5.92 Å². The Labute approximate surface area is 180 Å². The van der Waals surface area contributed by atoms with Crippen LogP contribution in [0.15, 0.2) is 9.59 Å². The Balaban J connectivity index is 1.79. The number of nitrogens with zero attached hydrogens (tertiary/aromatic N) is 3. The first-order chi connectivity index (χ1) is 14.5. The lowest BCUT2D eigenvalue weighted by Crippen LogP contribution is -2.43. The Morgan fingerprint density at radius 2 is 1.90 bits per heavy atom. The number of rotatable bonds is 6. The molecule has 8 heteroatoms. The SMILES string of the molecule is CCOC(=O)Cn1c(=O)c2c3c(sc2n(CCN2CCCCC2)c1=O)C[C@H](C)CC3. The number of fused-ring (bicyclic) bond motifs is 3. The average Bonchev–Trinajstić information content (AvgIpc) is 3.10. The number of likely N-dealkylation sites (tertiary alicyclic amines) is 1. The molecular weight excluding hydrogens is 402 g/mol. The van der Waals surface area contributed by atoms with Crippen LogP contribution >= 0.6 is 11.3 Å². The Bertz CT molecular complexity index is 1050. The van der Waals surface area contributed by atoms with Crippen LogP contribution in [0.2, 0.25) is 0 Å². The smallest absolute Gasteiger partial charge is 0.332 e. The van der Waals surface area contributed by atoms with Gasteiger partial charge in [-0.3, -0.25) is 14.2 Å². The normalized spacial score (nSPS) is 19.7. The second-order valence-corrected chi connectivity index (χ2v) is 9.65. The van der Waals surface area contributed by atoms with Crippen molar-refractivity contribution in [1.82, 2.24) is 14.0 Å². The van der Waals surface area contributed by atoms with Crippen LogP contribution in [0.5, 0.6) is 0 Å². The van der Waals surface area contributed by atoms with E-state index in [0.717, 1.165) is 53.9 Å². The van der Waals surface area contributed by atoms with E-state index in [1.165, 1.54) is 24.1 Å². The van der Waals surface area contributed by atoms with Gasteiger partial charge in [-0.05, 0) is 63.6 Å². The summed E-state index contributed by atoms with van der Waals surface area (Å²) in [5, 5.41) is 0.643. The molecule has 3 heterocycles. The number of hydrogen-bond acceptors (Lipinski definition) is 6. The lowest BCUT2D eigenvalue weighted by atomic mass is 9.89. The molecule has 1 aliphatic carbocycles. The molecule has 0 saturated carbocycles. The van der Waals surface area contributed by atoms with Crippen molar-refractivity contribution in [1.29, 1.82) is 0 Å². The first-order valence-corrected chi connectivity index (χ1v) is 12.0. The van der Waals surface area contributed by atoms with Crippen molar-refractivity contribution in [2.45, 2.75) is 65.5 Å². The molecule has 0 bridgehead atoms. The summed E-state index contributed by atoms with van der Waals surface area (Å²) in [6.45, 7) is 7.28. The number of ether oxygens (including phenoxy) is 1. The van der Waals surface area contributed by atoms with Gasteiger partial charge in [0, 0.05) is 18.0 Å². The van der Waals surface area contributed by atoms with E-state index in [9.17, 15) is 14.4 Å². The molecule has 7 nitrogen and oxygen atoms in total. The first kappa shape index (κ1) is 21.3. The molecule has 0 unspecified atom stereocenters. The number of hydrogen-bond donors (Lipinski definition) is 0. The lowest BCUT2D eigenvalue weighted by Gasteiger charge is -2.26. The summed E-state index contributed by atoms with van der Waals surface area (Å²) in [4.78, 5) is 43.1. The molecule has 1 aliphatic heterocycles. The van der Waals surface area contributed by atoms with Crippen LogP contribution in [0, 0.1) is 5.92 Å². The van der Waals surface area contributed by atoms with E-state index in [2.05, 4.69) is 11.8 Å². The van der Waals surface area contributed by atoms with E-state index >= 15 is 0 Å².